The molecule has 0 fully saturated rings. The second-order valence-corrected chi connectivity index (χ2v) is 10.6. The lowest BCUT2D eigenvalue weighted by molar-refractivity contribution is -0.142. The average Bonchev–Trinajstić information content (AvgIpc) is 2.75. The lowest BCUT2D eigenvalue weighted by Gasteiger charge is -2.34. The summed E-state index contributed by atoms with van der Waals surface area (Å²) in [5, 5.41) is 5.84. The normalized spacial score (nSPS) is 14.1. The summed E-state index contributed by atoms with van der Waals surface area (Å²) in [6.45, 7) is 17.6. The van der Waals surface area contributed by atoms with E-state index < -0.39 is 23.8 Å². The van der Waals surface area contributed by atoms with E-state index in [0.717, 1.165) is 30.4 Å². The van der Waals surface area contributed by atoms with E-state index in [2.05, 4.69) is 24.5 Å². The Hall–Kier alpha value is -2.57. The molecule has 198 valence electrons. The van der Waals surface area contributed by atoms with Crippen molar-refractivity contribution in [2.24, 2.45) is 5.92 Å². The molecule has 1 aromatic carbocycles. The number of likely N-dealkylation sites (N-methyl/N-ethyl adjacent to an activating group) is 1. The van der Waals surface area contributed by atoms with E-state index in [0.29, 0.717) is 13.0 Å². The molecule has 35 heavy (non-hydrogen) atoms. The molecule has 3 unspecified atom stereocenters. The highest BCUT2D eigenvalue weighted by Gasteiger charge is 2.36. The van der Waals surface area contributed by atoms with Crippen LogP contribution in [-0.4, -0.2) is 47.0 Å². The number of aryl methyl sites for hydroxylation is 1. The van der Waals surface area contributed by atoms with Crippen molar-refractivity contribution in [3.63, 3.8) is 0 Å². The Morgan fingerprint density at radius 1 is 0.971 bits per heavy atom. The molecule has 1 aromatic rings. The highest BCUT2D eigenvalue weighted by atomic mass is 16.6. The van der Waals surface area contributed by atoms with Gasteiger partial charge in [0.1, 0.15) is 17.7 Å². The van der Waals surface area contributed by atoms with Crippen LogP contribution in [0.25, 0.3) is 0 Å². The molecule has 0 aliphatic heterocycles. The Bertz CT molecular complexity index is 814. The number of carbonyl (C=O) groups is 3. The minimum absolute atomic E-state index is 0.00919. The van der Waals surface area contributed by atoms with Crippen LogP contribution < -0.4 is 10.6 Å². The molecule has 0 aliphatic rings. The van der Waals surface area contributed by atoms with Crippen LogP contribution in [0.5, 0.6) is 0 Å². The Morgan fingerprint density at radius 2 is 1.57 bits per heavy atom. The molecule has 0 bridgehead atoms. The van der Waals surface area contributed by atoms with E-state index in [-0.39, 0.29) is 23.8 Å². The van der Waals surface area contributed by atoms with E-state index in [9.17, 15) is 14.4 Å². The predicted octanol–water partition coefficient (Wildman–Crippen LogP) is 5.38. The van der Waals surface area contributed by atoms with Crippen molar-refractivity contribution in [2.75, 3.05) is 6.54 Å². The zero-order chi connectivity index (χ0) is 26.8. The smallest absolute Gasteiger partial charge is 0.408 e. The van der Waals surface area contributed by atoms with Crippen LogP contribution in [-0.2, 0) is 20.7 Å². The number of hydrogen-bond acceptors (Lipinski definition) is 4. The third kappa shape index (κ3) is 10.3. The molecule has 1 rings (SSSR count). The fourth-order valence-electron chi connectivity index (χ4n) is 4.04. The Balaban J connectivity index is 3.36. The van der Waals surface area contributed by atoms with E-state index in [1.165, 1.54) is 0 Å². The first kappa shape index (κ1) is 30.5. The highest BCUT2D eigenvalue weighted by Crippen LogP contribution is 2.25. The van der Waals surface area contributed by atoms with E-state index in [1.807, 2.05) is 52.0 Å². The third-order valence-electron chi connectivity index (χ3n) is 5.69. The Kier molecular flexibility index (Phi) is 12.3. The summed E-state index contributed by atoms with van der Waals surface area (Å²) in [5.74, 6) is -0.362. The molecule has 7 heteroatoms. The zero-order valence-electron chi connectivity index (χ0n) is 23.2. The van der Waals surface area contributed by atoms with Crippen LogP contribution in [0.2, 0.25) is 0 Å². The number of ether oxygens (including phenoxy) is 1. The van der Waals surface area contributed by atoms with Gasteiger partial charge < -0.3 is 20.3 Å². The molecule has 0 aromatic heterocycles. The van der Waals surface area contributed by atoms with E-state index in [4.69, 9.17) is 4.74 Å². The summed E-state index contributed by atoms with van der Waals surface area (Å²) < 4.78 is 5.41. The van der Waals surface area contributed by atoms with Crippen molar-refractivity contribution < 1.29 is 19.1 Å². The van der Waals surface area contributed by atoms with Gasteiger partial charge in [0.25, 0.3) is 0 Å². The van der Waals surface area contributed by atoms with Gasteiger partial charge in [-0.05, 0) is 70.9 Å². The average molecular weight is 490 g/mol. The van der Waals surface area contributed by atoms with Crippen LogP contribution >= 0.6 is 0 Å². The summed E-state index contributed by atoms with van der Waals surface area (Å²) in [6, 6.07) is 6.22. The number of rotatable bonds is 12. The lowest BCUT2D eigenvalue weighted by Crippen LogP contribution is -2.53. The van der Waals surface area contributed by atoms with Crippen LogP contribution in [0.3, 0.4) is 0 Å². The fourth-order valence-corrected chi connectivity index (χ4v) is 4.04. The molecule has 0 aliphatic carbocycles. The summed E-state index contributed by atoms with van der Waals surface area (Å²) in [7, 11) is 0. The molecule has 0 heterocycles. The topological polar surface area (TPSA) is 87.7 Å². The first-order valence-electron chi connectivity index (χ1n) is 13.0. The first-order chi connectivity index (χ1) is 16.3. The quantitative estimate of drug-likeness (QED) is 0.412. The summed E-state index contributed by atoms with van der Waals surface area (Å²) in [6.07, 6.45) is 2.48. The monoisotopic (exact) mass is 489 g/mol. The van der Waals surface area contributed by atoms with Crippen LogP contribution in [0.1, 0.15) is 98.7 Å². The van der Waals surface area contributed by atoms with Crippen molar-refractivity contribution in [1.82, 2.24) is 15.5 Å². The van der Waals surface area contributed by atoms with Crippen molar-refractivity contribution in [3.8, 4) is 0 Å². The van der Waals surface area contributed by atoms with Gasteiger partial charge >= 0.3 is 6.09 Å². The highest BCUT2D eigenvalue weighted by molar-refractivity contribution is 5.92. The maximum absolute atomic E-state index is 13.8. The molecule has 3 atom stereocenters. The standard InChI is InChI=1S/C28H47N3O4/c1-10-13-20(6)29-25(32)24(22-16-14-21(11-2)15-17-22)31(12-3)26(33)23(18-19(4)5)30-27(34)35-28(7,8)9/h14-17,19-20,23-24H,10-13,18H2,1-9H3,(H,29,32)(H,30,34). The van der Waals surface area contributed by atoms with Gasteiger partial charge in [-0.25, -0.2) is 4.79 Å². The first-order valence-corrected chi connectivity index (χ1v) is 13.0. The van der Waals surface area contributed by atoms with Gasteiger partial charge in [0, 0.05) is 12.6 Å². The number of hydrogen-bond donors (Lipinski definition) is 2. The van der Waals surface area contributed by atoms with Gasteiger partial charge in [-0.1, -0.05) is 58.4 Å². The van der Waals surface area contributed by atoms with Crippen LogP contribution in [0.4, 0.5) is 4.79 Å². The van der Waals surface area contributed by atoms with Gasteiger partial charge in [0.05, 0.1) is 0 Å². The molecule has 0 saturated carbocycles. The van der Waals surface area contributed by atoms with Crippen molar-refractivity contribution in [1.29, 1.82) is 0 Å². The van der Waals surface area contributed by atoms with Crippen LogP contribution in [0, 0.1) is 5.92 Å². The molecular formula is C28H47N3O4. The van der Waals surface area contributed by atoms with Gasteiger partial charge in [0.15, 0.2) is 0 Å². The number of alkyl carbamates (subject to hydrolysis) is 1. The zero-order valence-corrected chi connectivity index (χ0v) is 23.2. The molecule has 7 nitrogen and oxygen atoms in total. The van der Waals surface area contributed by atoms with Crippen LogP contribution in [0.15, 0.2) is 24.3 Å². The molecule has 2 N–H and O–H groups in total. The van der Waals surface area contributed by atoms with Crippen molar-refractivity contribution in [3.05, 3.63) is 35.4 Å². The fraction of sp³-hybridized carbons (Fsp3) is 0.679. The molecular weight excluding hydrogens is 442 g/mol. The predicted molar refractivity (Wildman–Crippen MR) is 141 cm³/mol. The number of amides is 3. The second kappa shape index (κ2) is 14.1. The van der Waals surface area contributed by atoms with Gasteiger partial charge in [-0.3, -0.25) is 9.59 Å². The summed E-state index contributed by atoms with van der Waals surface area (Å²) >= 11 is 0. The minimum Gasteiger partial charge on any atom is -0.444 e. The molecule has 0 radical (unpaired) electrons. The van der Waals surface area contributed by atoms with Crippen molar-refractivity contribution >= 4 is 17.9 Å². The number of nitrogens with one attached hydrogen (secondary N) is 2. The minimum atomic E-state index is -0.803. The summed E-state index contributed by atoms with van der Waals surface area (Å²) in [5.41, 5.74) is 1.23. The lowest BCUT2D eigenvalue weighted by atomic mass is 9.98. The Labute approximate surface area is 212 Å². The van der Waals surface area contributed by atoms with Gasteiger partial charge in [-0.15, -0.1) is 0 Å². The molecule has 0 saturated heterocycles. The van der Waals surface area contributed by atoms with E-state index >= 15 is 0 Å². The second-order valence-electron chi connectivity index (χ2n) is 10.6. The number of carbonyl (C=O) groups excluding carboxylic acids is 3. The van der Waals surface area contributed by atoms with Crippen molar-refractivity contribution in [2.45, 2.75) is 112 Å². The summed E-state index contributed by atoms with van der Waals surface area (Å²) in [4.78, 5) is 41.5. The SMILES string of the molecule is CCCC(C)NC(=O)C(c1ccc(CC)cc1)N(CC)C(=O)C(CC(C)C)NC(=O)OC(C)(C)C. The van der Waals surface area contributed by atoms with Gasteiger partial charge in [-0.2, -0.15) is 0 Å². The van der Waals surface area contributed by atoms with E-state index in [1.54, 1.807) is 25.7 Å². The largest absolute Gasteiger partial charge is 0.444 e. The number of nitrogens with zero attached hydrogens (tertiary/aromatic N) is 1. The number of benzene rings is 1. The molecule has 0 spiro atoms. The Morgan fingerprint density at radius 3 is 2.03 bits per heavy atom. The maximum atomic E-state index is 13.8. The maximum Gasteiger partial charge on any atom is 0.408 e. The third-order valence-corrected chi connectivity index (χ3v) is 5.69. The molecule has 3 amide bonds. The van der Waals surface area contributed by atoms with Gasteiger partial charge in [0.2, 0.25) is 11.8 Å².